The molecule has 0 bridgehead atoms. The molecule has 3 unspecified atom stereocenters. The number of ether oxygens (including phenoxy) is 2. The van der Waals surface area contributed by atoms with Crippen LogP contribution in [0, 0.1) is 12.8 Å². The van der Waals surface area contributed by atoms with Crippen LogP contribution in [-0.4, -0.2) is 53.2 Å². The lowest BCUT2D eigenvalue weighted by Gasteiger charge is -2.36. The Hall–Kier alpha value is -3.75. The van der Waals surface area contributed by atoms with E-state index in [0.29, 0.717) is 35.4 Å². The average molecular weight is 556 g/mol. The van der Waals surface area contributed by atoms with E-state index in [9.17, 15) is 19.5 Å². The fourth-order valence-electron chi connectivity index (χ4n) is 4.23. The van der Waals surface area contributed by atoms with Gasteiger partial charge in [-0.05, 0) is 69.9 Å². The zero-order valence-corrected chi connectivity index (χ0v) is 25.0. The highest BCUT2D eigenvalue weighted by Crippen LogP contribution is 2.34. The number of carbonyl (C=O) groups excluding carboxylic acids is 3. The van der Waals surface area contributed by atoms with Crippen molar-refractivity contribution in [1.29, 1.82) is 0 Å². The number of hydrogen-bond donors (Lipinski definition) is 3. The minimum absolute atomic E-state index is 0.0631. The number of carbonyl (C=O) groups is 3. The van der Waals surface area contributed by atoms with Crippen molar-refractivity contribution >= 4 is 23.6 Å². The molecule has 0 fully saturated rings. The first-order valence-corrected chi connectivity index (χ1v) is 13.9. The molecule has 2 aromatic carbocycles. The molecule has 0 aliphatic rings. The third kappa shape index (κ3) is 8.89. The second-order valence-electron chi connectivity index (χ2n) is 11.0. The lowest BCUT2D eigenvalue weighted by Crippen LogP contribution is -2.55. The molecule has 9 nitrogen and oxygen atoms in total. The molecule has 0 aromatic heterocycles. The molecule has 0 spiro atoms. The zero-order valence-electron chi connectivity index (χ0n) is 25.0. The summed E-state index contributed by atoms with van der Waals surface area (Å²) >= 11 is 0. The summed E-state index contributed by atoms with van der Waals surface area (Å²) in [6.07, 6.45) is 1.28. The van der Waals surface area contributed by atoms with Gasteiger partial charge in [0.1, 0.15) is 29.2 Å². The van der Waals surface area contributed by atoms with Crippen molar-refractivity contribution < 1.29 is 29.0 Å². The van der Waals surface area contributed by atoms with Gasteiger partial charge in [-0.3, -0.25) is 9.59 Å². The van der Waals surface area contributed by atoms with E-state index >= 15 is 0 Å². The van der Waals surface area contributed by atoms with Gasteiger partial charge in [0.25, 0.3) is 5.91 Å². The highest BCUT2D eigenvalue weighted by Gasteiger charge is 2.39. The van der Waals surface area contributed by atoms with Crippen LogP contribution in [0.25, 0.3) is 0 Å². The van der Waals surface area contributed by atoms with E-state index in [2.05, 4.69) is 10.6 Å². The van der Waals surface area contributed by atoms with Gasteiger partial charge in [0, 0.05) is 17.8 Å². The van der Waals surface area contributed by atoms with Gasteiger partial charge in [0.15, 0.2) is 0 Å². The maximum Gasteiger partial charge on any atom is 0.408 e. The molecule has 0 saturated carbocycles. The second-order valence-corrected chi connectivity index (χ2v) is 11.0. The third-order valence-corrected chi connectivity index (χ3v) is 6.67. The van der Waals surface area contributed by atoms with Crippen LogP contribution in [0.2, 0.25) is 0 Å². The summed E-state index contributed by atoms with van der Waals surface area (Å²) in [5, 5.41) is 16.7. The molecule has 0 aliphatic heterocycles. The minimum Gasteiger partial charge on any atom is -0.507 e. The van der Waals surface area contributed by atoms with Gasteiger partial charge >= 0.3 is 6.09 Å². The first kappa shape index (κ1) is 32.5. The Morgan fingerprint density at radius 1 is 1.05 bits per heavy atom. The van der Waals surface area contributed by atoms with Gasteiger partial charge in [0.2, 0.25) is 5.91 Å². The number of hydrogen-bond acceptors (Lipinski definition) is 6. The summed E-state index contributed by atoms with van der Waals surface area (Å²) in [5.41, 5.74) is 0.642. The van der Waals surface area contributed by atoms with E-state index in [1.54, 1.807) is 77.3 Å². The average Bonchev–Trinajstić information content (AvgIpc) is 2.90. The van der Waals surface area contributed by atoms with E-state index < -0.39 is 35.6 Å². The molecule has 0 saturated heterocycles. The third-order valence-electron chi connectivity index (χ3n) is 6.67. The van der Waals surface area contributed by atoms with Gasteiger partial charge in [-0.15, -0.1) is 0 Å². The van der Waals surface area contributed by atoms with Gasteiger partial charge in [0.05, 0.1) is 7.11 Å². The molecule has 9 heteroatoms. The smallest absolute Gasteiger partial charge is 0.408 e. The van der Waals surface area contributed by atoms with Gasteiger partial charge < -0.3 is 30.1 Å². The molecule has 220 valence electrons. The Balaban J connectivity index is 2.59. The maximum absolute atomic E-state index is 14.3. The van der Waals surface area contributed by atoms with E-state index in [1.165, 1.54) is 4.90 Å². The largest absolute Gasteiger partial charge is 0.507 e. The molecule has 0 aliphatic carbocycles. The lowest BCUT2D eigenvalue weighted by atomic mass is 9.94. The van der Waals surface area contributed by atoms with Crippen LogP contribution in [0.5, 0.6) is 11.5 Å². The van der Waals surface area contributed by atoms with Crippen molar-refractivity contribution in [3.05, 3.63) is 53.6 Å². The van der Waals surface area contributed by atoms with Crippen LogP contribution in [0.3, 0.4) is 0 Å². The number of amides is 3. The number of aryl methyl sites for hydroxylation is 1. The molecule has 2 rings (SSSR count). The second kappa shape index (κ2) is 14.6. The fourth-order valence-corrected chi connectivity index (χ4v) is 4.23. The van der Waals surface area contributed by atoms with Crippen LogP contribution in [-0.2, 0) is 14.3 Å². The number of rotatable bonds is 12. The van der Waals surface area contributed by atoms with E-state index in [4.69, 9.17) is 9.47 Å². The van der Waals surface area contributed by atoms with Gasteiger partial charge in [-0.1, -0.05) is 51.8 Å². The summed E-state index contributed by atoms with van der Waals surface area (Å²) in [4.78, 5) is 42.5. The Morgan fingerprint density at radius 2 is 1.70 bits per heavy atom. The number of phenols is 1. The number of unbranched alkanes of at least 4 members (excludes halogenated alkanes) is 1. The number of para-hydroxylation sites is 1. The number of methoxy groups -OCH3 is 1. The summed E-state index contributed by atoms with van der Waals surface area (Å²) in [6.45, 7) is 13.0. The molecule has 40 heavy (non-hydrogen) atoms. The van der Waals surface area contributed by atoms with Crippen molar-refractivity contribution in [2.45, 2.75) is 85.4 Å². The fraction of sp³-hybridized carbons (Fsp3) is 0.516. The Morgan fingerprint density at radius 3 is 2.25 bits per heavy atom. The van der Waals surface area contributed by atoms with E-state index in [0.717, 1.165) is 6.42 Å². The molecule has 3 atom stereocenters. The lowest BCUT2D eigenvalue weighted by molar-refractivity contribution is -0.142. The van der Waals surface area contributed by atoms with Crippen molar-refractivity contribution in [3.63, 3.8) is 0 Å². The van der Waals surface area contributed by atoms with Crippen LogP contribution in [0.15, 0.2) is 42.5 Å². The Kier molecular flexibility index (Phi) is 11.8. The first-order chi connectivity index (χ1) is 18.8. The minimum atomic E-state index is -1.16. The standard InChI is InChI=1S/C31H45N3O6/c1-9-11-19-34(29(37)25(20(3)10-2)33-30(38)40-31(5,6)7)26(24-14-12-13-21(4)27(24)35)28(36)32-22-15-17-23(39-8)18-16-22/h12-18,20,25-26,35H,9-11,19H2,1-8H3,(H,32,36)(H,33,38). The summed E-state index contributed by atoms with van der Waals surface area (Å²) in [5.74, 6) is -0.595. The van der Waals surface area contributed by atoms with Gasteiger partial charge in [-0.2, -0.15) is 0 Å². The molecular weight excluding hydrogens is 510 g/mol. The Labute approximate surface area is 238 Å². The number of nitrogens with zero attached hydrogens (tertiary/aromatic N) is 1. The van der Waals surface area contributed by atoms with Crippen LogP contribution >= 0.6 is 0 Å². The van der Waals surface area contributed by atoms with Crippen molar-refractivity contribution in [1.82, 2.24) is 10.2 Å². The highest BCUT2D eigenvalue weighted by atomic mass is 16.6. The van der Waals surface area contributed by atoms with E-state index in [1.807, 2.05) is 20.8 Å². The number of aromatic hydroxyl groups is 1. The quantitative estimate of drug-likeness (QED) is 0.298. The summed E-state index contributed by atoms with van der Waals surface area (Å²) in [6, 6.07) is 9.87. The van der Waals surface area contributed by atoms with Crippen LogP contribution in [0.1, 0.15) is 78.0 Å². The van der Waals surface area contributed by atoms with E-state index in [-0.39, 0.29) is 18.2 Å². The zero-order chi connectivity index (χ0) is 30.0. The normalized spacial score (nSPS) is 13.5. The molecule has 2 aromatic rings. The topological polar surface area (TPSA) is 117 Å². The monoisotopic (exact) mass is 555 g/mol. The van der Waals surface area contributed by atoms with Crippen LogP contribution in [0.4, 0.5) is 10.5 Å². The molecule has 0 radical (unpaired) electrons. The van der Waals surface area contributed by atoms with Crippen molar-refractivity contribution in [2.75, 3.05) is 19.0 Å². The predicted molar refractivity (Wildman–Crippen MR) is 156 cm³/mol. The maximum atomic E-state index is 14.3. The van der Waals surface area contributed by atoms with Gasteiger partial charge in [-0.25, -0.2) is 4.79 Å². The predicted octanol–water partition coefficient (Wildman–Crippen LogP) is 5.96. The number of nitrogens with one attached hydrogen (secondary N) is 2. The Bertz CT molecular complexity index is 1140. The van der Waals surface area contributed by atoms with Crippen molar-refractivity contribution in [3.8, 4) is 11.5 Å². The molecule has 3 N–H and O–H groups in total. The summed E-state index contributed by atoms with van der Waals surface area (Å²) in [7, 11) is 1.56. The molecule has 0 heterocycles. The number of alkyl carbamates (subject to hydrolysis) is 1. The van der Waals surface area contributed by atoms with Crippen LogP contribution < -0.4 is 15.4 Å². The summed E-state index contributed by atoms with van der Waals surface area (Å²) < 4.78 is 10.7. The SMILES string of the molecule is CCCCN(C(=O)C(NC(=O)OC(C)(C)C)C(C)CC)C(C(=O)Nc1ccc(OC)cc1)c1cccc(C)c1O. The number of phenolic OH excluding ortho intramolecular Hbond substituents is 1. The molecular formula is C31H45N3O6. The first-order valence-electron chi connectivity index (χ1n) is 13.9. The number of benzene rings is 2. The number of anilines is 1. The molecule has 3 amide bonds. The highest BCUT2D eigenvalue weighted by molar-refractivity contribution is 5.99. The van der Waals surface area contributed by atoms with Crippen molar-refractivity contribution in [2.24, 2.45) is 5.92 Å².